The lowest BCUT2D eigenvalue weighted by molar-refractivity contribution is 0.295. The van der Waals surface area contributed by atoms with E-state index in [0.29, 0.717) is 0 Å². The summed E-state index contributed by atoms with van der Waals surface area (Å²) in [6, 6.07) is 6.04. The van der Waals surface area contributed by atoms with Crippen LogP contribution in [0.3, 0.4) is 0 Å². The predicted octanol–water partition coefficient (Wildman–Crippen LogP) is 4.25. The van der Waals surface area contributed by atoms with Crippen molar-refractivity contribution in [2.45, 2.75) is 44.6 Å². The standard InChI is InChI=1S/C15H19ClN2/c1-10-11-6-5-7-12(16)13(11)18-14(10)15(17)8-3-2-4-9-15/h5-7,18H,2-4,8-9,17H2,1H3. The molecular formula is C15H19ClN2. The Morgan fingerprint density at radius 3 is 2.61 bits per heavy atom. The summed E-state index contributed by atoms with van der Waals surface area (Å²) in [4.78, 5) is 3.49. The van der Waals surface area contributed by atoms with Crippen LogP contribution >= 0.6 is 11.6 Å². The Morgan fingerprint density at radius 1 is 1.22 bits per heavy atom. The van der Waals surface area contributed by atoms with Crippen LogP contribution in [-0.4, -0.2) is 4.98 Å². The number of H-pyrrole nitrogens is 1. The third kappa shape index (κ3) is 1.75. The Hall–Kier alpha value is -0.990. The molecule has 1 aromatic carbocycles. The molecule has 1 fully saturated rings. The third-order valence-corrected chi connectivity index (χ3v) is 4.60. The molecule has 96 valence electrons. The zero-order chi connectivity index (χ0) is 12.8. The molecule has 0 spiro atoms. The Morgan fingerprint density at radius 2 is 1.94 bits per heavy atom. The largest absolute Gasteiger partial charge is 0.355 e. The second kappa shape index (κ2) is 4.29. The molecule has 3 N–H and O–H groups in total. The molecular weight excluding hydrogens is 244 g/mol. The maximum absolute atomic E-state index is 6.62. The number of hydrogen-bond donors (Lipinski definition) is 2. The summed E-state index contributed by atoms with van der Waals surface area (Å²) in [5.74, 6) is 0. The first-order valence-electron chi connectivity index (χ1n) is 6.68. The molecule has 1 aliphatic carbocycles. The van der Waals surface area contributed by atoms with E-state index in [2.05, 4.69) is 18.0 Å². The number of benzene rings is 1. The fourth-order valence-electron chi connectivity index (χ4n) is 3.25. The zero-order valence-electron chi connectivity index (χ0n) is 10.7. The smallest absolute Gasteiger partial charge is 0.0648 e. The van der Waals surface area contributed by atoms with Crippen LogP contribution in [0.25, 0.3) is 10.9 Å². The molecule has 1 aromatic heterocycles. The van der Waals surface area contributed by atoms with Gasteiger partial charge in [-0.25, -0.2) is 0 Å². The number of aryl methyl sites for hydroxylation is 1. The summed E-state index contributed by atoms with van der Waals surface area (Å²) in [5, 5.41) is 1.98. The highest BCUT2D eigenvalue weighted by Crippen LogP contribution is 2.39. The number of halogens is 1. The number of rotatable bonds is 1. The van der Waals surface area contributed by atoms with E-state index in [1.807, 2.05) is 12.1 Å². The van der Waals surface area contributed by atoms with E-state index < -0.39 is 0 Å². The Labute approximate surface area is 113 Å². The van der Waals surface area contributed by atoms with Crippen molar-refractivity contribution in [3.8, 4) is 0 Å². The van der Waals surface area contributed by atoms with Crippen LogP contribution in [0.2, 0.25) is 5.02 Å². The van der Waals surface area contributed by atoms with Crippen LogP contribution in [-0.2, 0) is 5.54 Å². The Balaban J connectivity index is 2.17. The van der Waals surface area contributed by atoms with E-state index >= 15 is 0 Å². The fraction of sp³-hybridized carbons (Fsp3) is 0.467. The fourth-order valence-corrected chi connectivity index (χ4v) is 3.47. The number of aromatic nitrogens is 1. The van der Waals surface area contributed by atoms with E-state index in [4.69, 9.17) is 17.3 Å². The summed E-state index contributed by atoms with van der Waals surface area (Å²) in [7, 11) is 0. The second-order valence-electron chi connectivity index (χ2n) is 5.50. The van der Waals surface area contributed by atoms with Gasteiger partial charge in [-0.15, -0.1) is 0 Å². The minimum Gasteiger partial charge on any atom is -0.355 e. The van der Waals surface area contributed by atoms with Crippen molar-refractivity contribution >= 4 is 22.5 Å². The van der Waals surface area contributed by atoms with Crippen molar-refractivity contribution in [3.63, 3.8) is 0 Å². The highest BCUT2D eigenvalue weighted by Gasteiger charge is 2.32. The van der Waals surface area contributed by atoms with Crippen LogP contribution in [0.15, 0.2) is 18.2 Å². The molecule has 0 unspecified atom stereocenters. The molecule has 18 heavy (non-hydrogen) atoms. The van der Waals surface area contributed by atoms with E-state index in [-0.39, 0.29) is 5.54 Å². The van der Waals surface area contributed by atoms with Crippen molar-refractivity contribution in [2.75, 3.05) is 0 Å². The van der Waals surface area contributed by atoms with Crippen LogP contribution in [0.5, 0.6) is 0 Å². The first kappa shape index (κ1) is 12.1. The molecule has 0 amide bonds. The lowest BCUT2D eigenvalue weighted by Crippen LogP contribution is -2.39. The SMILES string of the molecule is Cc1c(C2(N)CCCCC2)[nH]c2c(Cl)cccc12. The number of hydrogen-bond acceptors (Lipinski definition) is 1. The van der Waals surface area contributed by atoms with Crippen molar-refractivity contribution in [1.82, 2.24) is 4.98 Å². The van der Waals surface area contributed by atoms with E-state index in [1.165, 1.54) is 35.9 Å². The van der Waals surface area contributed by atoms with E-state index in [9.17, 15) is 0 Å². The monoisotopic (exact) mass is 262 g/mol. The van der Waals surface area contributed by atoms with E-state index in [0.717, 1.165) is 23.4 Å². The molecule has 1 aliphatic rings. The molecule has 0 radical (unpaired) electrons. The van der Waals surface area contributed by atoms with Gasteiger partial charge in [0.15, 0.2) is 0 Å². The van der Waals surface area contributed by atoms with Crippen LogP contribution in [0, 0.1) is 6.92 Å². The molecule has 1 heterocycles. The van der Waals surface area contributed by atoms with Gasteiger partial charge in [-0.3, -0.25) is 0 Å². The summed E-state index contributed by atoms with van der Waals surface area (Å²) in [5.41, 5.74) is 9.91. The molecule has 3 rings (SSSR count). The van der Waals surface area contributed by atoms with Gasteiger partial charge < -0.3 is 10.7 Å². The zero-order valence-corrected chi connectivity index (χ0v) is 11.5. The van der Waals surface area contributed by atoms with Gasteiger partial charge in [0.2, 0.25) is 0 Å². The average Bonchev–Trinajstić information content (AvgIpc) is 2.70. The van der Waals surface area contributed by atoms with Crippen molar-refractivity contribution in [3.05, 3.63) is 34.5 Å². The topological polar surface area (TPSA) is 41.8 Å². The minimum absolute atomic E-state index is 0.190. The summed E-state index contributed by atoms with van der Waals surface area (Å²) in [6.07, 6.45) is 5.88. The summed E-state index contributed by atoms with van der Waals surface area (Å²) in [6.45, 7) is 2.15. The van der Waals surface area contributed by atoms with Gasteiger partial charge in [0.1, 0.15) is 0 Å². The van der Waals surface area contributed by atoms with Gasteiger partial charge in [0.25, 0.3) is 0 Å². The van der Waals surface area contributed by atoms with Crippen molar-refractivity contribution in [1.29, 1.82) is 0 Å². The normalized spacial score (nSPS) is 19.3. The lowest BCUT2D eigenvalue weighted by Gasteiger charge is -2.33. The van der Waals surface area contributed by atoms with Crippen molar-refractivity contribution < 1.29 is 0 Å². The highest BCUT2D eigenvalue weighted by atomic mass is 35.5. The highest BCUT2D eigenvalue weighted by molar-refractivity contribution is 6.35. The molecule has 2 nitrogen and oxygen atoms in total. The average molecular weight is 263 g/mol. The number of fused-ring (bicyclic) bond motifs is 1. The number of para-hydroxylation sites is 1. The van der Waals surface area contributed by atoms with E-state index in [1.54, 1.807) is 0 Å². The number of nitrogens with two attached hydrogens (primary N) is 1. The summed E-state index contributed by atoms with van der Waals surface area (Å²) >= 11 is 6.25. The molecule has 0 aliphatic heterocycles. The lowest BCUT2D eigenvalue weighted by atomic mass is 9.79. The predicted molar refractivity (Wildman–Crippen MR) is 77.0 cm³/mol. The van der Waals surface area contributed by atoms with Gasteiger partial charge >= 0.3 is 0 Å². The quantitative estimate of drug-likeness (QED) is 0.793. The van der Waals surface area contributed by atoms with Gasteiger partial charge in [-0.05, 0) is 31.4 Å². The molecule has 0 saturated heterocycles. The summed E-state index contributed by atoms with van der Waals surface area (Å²) < 4.78 is 0. The molecule has 3 heteroatoms. The van der Waals surface area contributed by atoms with Gasteiger partial charge in [0, 0.05) is 11.1 Å². The molecule has 2 aromatic rings. The number of aromatic amines is 1. The second-order valence-corrected chi connectivity index (χ2v) is 5.91. The first-order chi connectivity index (χ1) is 8.62. The third-order valence-electron chi connectivity index (χ3n) is 4.29. The Kier molecular flexibility index (Phi) is 2.87. The van der Waals surface area contributed by atoms with Crippen LogP contribution < -0.4 is 5.73 Å². The van der Waals surface area contributed by atoms with Crippen LogP contribution in [0.4, 0.5) is 0 Å². The molecule has 0 bridgehead atoms. The molecule has 0 atom stereocenters. The maximum Gasteiger partial charge on any atom is 0.0648 e. The minimum atomic E-state index is -0.190. The molecule has 1 saturated carbocycles. The van der Waals surface area contributed by atoms with Gasteiger partial charge in [0.05, 0.1) is 16.1 Å². The maximum atomic E-state index is 6.62. The Bertz CT molecular complexity index is 579. The van der Waals surface area contributed by atoms with Gasteiger partial charge in [-0.2, -0.15) is 0 Å². The number of nitrogens with one attached hydrogen (secondary N) is 1. The first-order valence-corrected chi connectivity index (χ1v) is 7.06. The van der Waals surface area contributed by atoms with Gasteiger partial charge in [-0.1, -0.05) is 43.0 Å². The van der Waals surface area contributed by atoms with Crippen LogP contribution in [0.1, 0.15) is 43.4 Å². The van der Waals surface area contributed by atoms with Crippen molar-refractivity contribution in [2.24, 2.45) is 5.73 Å².